The summed E-state index contributed by atoms with van der Waals surface area (Å²) >= 11 is 0. The minimum atomic E-state index is -1.27. The van der Waals surface area contributed by atoms with Crippen LogP contribution in [0.3, 0.4) is 0 Å². The lowest BCUT2D eigenvalue weighted by atomic mass is 9.99. The van der Waals surface area contributed by atoms with Gasteiger partial charge < -0.3 is 4.74 Å². The first-order valence-corrected chi connectivity index (χ1v) is 6.60. The molecule has 0 aliphatic heterocycles. The van der Waals surface area contributed by atoms with E-state index in [1.165, 1.54) is 11.2 Å². The van der Waals surface area contributed by atoms with Crippen LogP contribution in [0.15, 0.2) is 12.1 Å². The third-order valence-electron chi connectivity index (χ3n) is 3.10. The highest BCUT2D eigenvalue weighted by atomic mass is 19.2. The zero-order chi connectivity index (χ0) is 17.1. The highest BCUT2D eigenvalue weighted by Crippen LogP contribution is 2.23. The second-order valence-corrected chi connectivity index (χ2v) is 5.91. The van der Waals surface area contributed by atoms with Gasteiger partial charge in [-0.1, -0.05) is 0 Å². The lowest BCUT2D eigenvalue weighted by Crippen LogP contribution is -2.51. The van der Waals surface area contributed by atoms with Gasteiger partial charge in [-0.25, -0.2) is 18.0 Å². The zero-order valence-corrected chi connectivity index (χ0v) is 12.8. The number of nitriles is 1. The molecule has 120 valence electrons. The second-order valence-electron chi connectivity index (χ2n) is 5.91. The molecule has 0 aromatic heterocycles. The number of halogens is 3. The van der Waals surface area contributed by atoms with Crippen molar-refractivity contribution in [1.29, 1.82) is 5.26 Å². The van der Waals surface area contributed by atoms with Gasteiger partial charge in [0.15, 0.2) is 11.6 Å². The van der Waals surface area contributed by atoms with Crippen molar-refractivity contribution in [2.75, 3.05) is 0 Å². The molecule has 1 aromatic rings. The molecule has 0 saturated carbocycles. The first-order chi connectivity index (χ1) is 10.1. The maximum absolute atomic E-state index is 13.7. The maximum atomic E-state index is 13.7. The highest BCUT2D eigenvalue weighted by Gasteiger charge is 2.33. The number of benzene rings is 1. The van der Waals surface area contributed by atoms with Crippen LogP contribution in [0.2, 0.25) is 0 Å². The Hall–Kier alpha value is -2.23. The van der Waals surface area contributed by atoms with Gasteiger partial charge in [-0.2, -0.15) is 0 Å². The van der Waals surface area contributed by atoms with E-state index in [2.05, 4.69) is 4.74 Å². The normalized spacial score (nSPS) is 12.5. The molecule has 0 N–H and O–H groups in total. The number of amides is 1. The summed E-state index contributed by atoms with van der Waals surface area (Å²) in [5.41, 5.74) is -0.770. The van der Waals surface area contributed by atoms with Crippen molar-refractivity contribution in [3.8, 4) is 6.26 Å². The van der Waals surface area contributed by atoms with Crippen molar-refractivity contribution in [1.82, 2.24) is 4.90 Å². The first-order valence-electron chi connectivity index (χ1n) is 6.60. The van der Waals surface area contributed by atoms with Gasteiger partial charge in [0.05, 0.1) is 0 Å². The van der Waals surface area contributed by atoms with Gasteiger partial charge in [-0.05, 0) is 45.7 Å². The van der Waals surface area contributed by atoms with Crippen molar-refractivity contribution in [3.63, 3.8) is 0 Å². The molecule has 0 saturated heterocycles. The van der Waals surface area contributed by atoms with Gasteiger partial charge in [0.2, 0.25) is 0 Å². The quantitative estimate of drug-likeness (QED) is 0.630. The molecule has 0 spiro atoms. The standard InChI is InChI=1S/C15H17F3N2O2/c1-9(20(15(2,3)4)14(21)22-8-19)5-10-6-12(17)13(18)7-11(10)16/h6-7,9H,5H2,1-4H3/t9-/m1/s1. The van der Waals surface area contributed by atoms with E-state index in [4.69, 9.17) is 5.26 Å². The van der Waals surface area contributed by atoms with Crippen molar-refractivity contribution >= 4 is 6.09 Å². The van der Waals surface area contributed by atoms with Gasteiger partial charge in [0, 0.05) is 17.6 Å². The Morgan fingerprint density at radius 3 is 2.32 bits per heavy atom. The summed E-state index contributed by atoms with van der Waals surface area (Å²) in [6.45, 7) is 6.74. The predicted molar refractivity (Wildman–Crippen MR) is 73.2 cm³/mol. The molecule has 0 heterocycles. The third kappa shape index (κ3) is 4.13. The summed E-state index contributed by atoms with van der Waals surface area (Å²) < 4.78 is 44.2. The van der Waals surface area contributed by atoms with Crippen LogP contribution >= 0.6 is 0 Å². The highest BCUT2D eigenvalue weighted by molar-refractivity contribution is 5.70. The van der Waals surface area contributed by atoms with Gasteiger partial charge >= 0.3 is 6.09 Å². The maximum Gasteiger partial charge on any atom is 0.425 e. The van der Waals surface area contributed by atoms with Crippen LogP contribution in [-0.2, 0) is 11.2 Å². The van der Waals surface area contributed by atoms with E-state index >= 15 is 0 Å². The molecular formula is C15H17F3N2O2. The summed E-state index contributed by atoms with van der Waals surface area (Å²) in [6, 6.07) is 0.629. The molecule has 22 heavy (non-hydrogen) atoms. The molecule has 7 heteroatoms. The Kier molecular flexibility index (Phi) is 5.42. The lowest BCUT2D eigenvalue weighted by molar-refractivity contribution is 0.0735. The Morgan fingerprint density at radius 1 is 1.27 bits per heavy atom. The summed E-state index contributed by atoms with van der Waals surface area (Å²) in [4.78, 5) is 13.1. The summed E-state index contributed by atoms with van der Waals surface area (Å²) in [7, 11) is 0. The van der Waals surface area contributed by atoms with Crippen LogP contribution in [0.1, 0.15) is 33.3 Å². The molecule has 0 bridgehead atoms. The Bertz CT molecular complexity index is 606. The van der Waals surface area contributed by atoms with Gasteiger partial charge in [0.25, 0.3) is 6.26 Å². The van der Waals surface area contributed by atoms with Crippen LogP contribution in [0.4, 0.5) is 18.0 Å². The molecule has 0 radical (unpaired) electrons. The van der Waals surface area contributed by atoms with E-state index in [0.29, 0.717) is 6.07 Å². The summed E-state index contributed by atoms with van der Waals surface area (Å²) in [5, 5.41) is 8.46. The van der Waals surface area contributed by atoms with Crippen LogP contribution in [0.25, 0.3) is 0 Å². The molecule has 1 amide bonds. The fourth-order valence-corrected chi connectivity index (χ4v) is 2.33. The minimum Gasteiger partial charge on any atom is -0.333 e. The molecule has 1 atom stereocenters. The minimum absolute atomic E-state index is 0.0547. The number of hydrogen-bond donors (Lipinski definition) is 0. The number of ether oxygens (including phenoxy) is 1. The Morgan fingerprint density at radius 2 is 1.82 bits per heavy atom. The summed E-state index contributed by atoms with van der Waals surface area (Å²) in [5.74, 6) is -3.33. The van der Waals surface area contributed by atoms with Crippen molar-refractivity contribution in [2.45, 2.75) is 45.7 Å². The van der Waals surface area contributed by atoms with Crippen molar-refractivity contribution in [3.05, 3.63) is 35.1 Å². The average molecular weight is 314 g/mol. The van der Waals surface area contributed by atoms with E-state index < -0.39 is 35.1 Å². The van der Waals surface area contributed by atoms with Crippen molar-refractivity contribution < 1.29 is 22.7 Å². The molecule has 1 rings (SSSR count). The van der Waals surface area contributed by atoms with Crippen molar-refractivity contribution in [2.24, 2.45) is 0 Å². The van der Waals surface area contributed by atoms with E-state index in [0.717, 1.165) is 6.07 Å². The fourth-order valence-electron chi connectivity index (χ4n) is 2.33. The van der Waals surface area contributed by atoms with Gasteiger partial charge in [-0.15, -0.1) is 5.26 Å². The van der Waals surface area contributed by atoms with Crippen LogP contribution in [0, 0.1) is 29.0 Å². The Labute approximate surface area is 127 Å². The largest absolute Gasteiger partial charge is 0.425 e. The number of carbonyl (C=O) groups is 1. The fraction of sp³-hybridized carbons (Fsp3) is 0.467. The van der Waals surface area contributed by atoms with Gasteiger partial charge in [0.1, 0.15) is 5.82 Å². The Balaban J connectivity index is 3.07. The third-order valence-corrected chi connectivity index (χ3v) is 3.10. The molecule has 0 fully saturated rings. The van der Waals surface area contributed by atoms with E-state index in [9.17, 15) is 18.0 Å². The molecule has 0 unspecified atom stereocenters. The topological polar surface area (TPSA) is 53.3 Å². The second kappa shape index (κ2) is 6.69. The monoisotopic (exact) mass is 314 g/mol. The van der Waals surface area contributed by atoms with E-state index in [1.54, 1.807) is 27.7 Å². The SMILES string of the molecule is C[C@H](Cc1cc(F)c(F)cc1F)N(C(=O)OC#N)C(C)(C)C. The molecule has 1 aromatic carbocycles. The lowest BCUT2D eigenvalue weighted by Gasteiger charge is -2.38. The van der Waals surface area contributed by atoms with Crippen LogP contribution in [0.5, 0.6) is 0 Å². The average Bonchev–Trinajstić information content (AvgIpc) is 2.34. The summed E-state index contributed by atoms with van der Waals surface area (Å²) in [6.07, 6.45) is 0.353. The number of carbonyl (C=O) groups excluding carboxylic acids is 1. The smallest absolute Gasteiger partial charge is 0.333 e. The van der Waals surface area contributed by atoms with Crippen LogP contribution in [-0.4, -0.2) is 22.6 Å². The van der Waals surface area contributed by atoms with E-state index in [1.807, 2.05) is 0 Å². The van der Waals surface area contributed by atoms with Gasteiger partial charge in [-0.3, -0.25) is 4.90 Å². The zero-order valence-electron chi connectivity index (χ0n) is 12.8. The number of rotatable bonds is 3. The first kappa shape index (κ1) is 17.8. The molecule has 0 aliphatic rings. The molecular weight excluding hydrogens is 297 g/mol. The predicted octanol–water partition coefficient (Wildman–Crippen LogP) is 3.75. The number of nitrogens with zero attached hydrogens (tertiary/aromatic N) is 2. The van der Waals surface area contributed by atoms with Crippen LogP contribution < -0.4 is 0 Å². The number of hydrogen-bond acceptors (Lipinski definition) is 3. The molecule has 0 aliphatic carbocycles. The molecule has 4 nitrogen and oxygen atoms in total. The van der Waals surface area contributed by atoms with E-state index in [-0.39, 0.29) is 12.0 Å².